The molecule has 2 aliphatic heterocycles. The van der Waals surface area contributed by atoms with Gasteiger partial charge in [-0.1, -0.05) is 0 Å². The zero-order valence-electron chi connectivity index (χ0n) is 18.9. The summed E-state index contributed by atoms with van der Waals surface area (Å²) in [6.45, 7) is 6.07. The van der Waals surface area contributed by atoms with Crippen LogP contribution in [0, 0.1) is 0 Å². The number of aromatic hydroxyl groups is 1. The van der Waals surface area contributed by atoms with Crippen molar-refractivity contribution in [2.45, 2.75) is 25.3 Å². The third-order valence-electron chi connectivity index (χ3n) is 6.05. The van der Waals surface area contributed by atoms with Crippen molar-refractivity contribution in [2.75, 3.05) is 70.7 Å². The number of nitrogens with zero attached hydrogens (tertiary/aromatic N) is 5. The SMILES string of the molecule is COc1cc2c(NC3CCN(C)CC3)nc(N3CCCN(C)CC3)nc2cc1O.Cl.Cl.Cl. The molecule has 4 rings (SSSR count). The molecule has 2 saturated heterocycles. The monoisotopic (exact) mass is 508 g/mol. The van der Waals surface area contributed by atoms with Gasteiger partial charge in [0.15, 0.2) is 11.5 Å². The highest BCUT2D eigenvalue weighted by Gasteiger charge is 2.22. The molecule has 0 unspecified atom stereocenters. The van der Waals surface area contributed by atoms with E-state index in [1.54, 1.807) is 13.2 Å². The number of likely N-dealkylation sites (tertiary alicyclic amines) is 1. The maximum absolute atomic E-state index is 10.3. The highest BCUT2D eigenvalue weighted by Crippen LogP contribution is 2.35. The molecule has 0 bridgehead atoms. The number of phenolic OH excluding ortho intramolecular Hbond substituents is 1. The third kappa shape index (κ3) is 6.54. The first-order chi connectivity index (χ1) is 14.0. The minimum atomic E-state index is 0. The molecule has 182 valence electrons. The number of hydrogen-bond donors (Lipinski definition) is 2. The van der Waals surface area contributed by atoms with Crippen LogP contribution in [0.5, 0.6) is 11.5 Å². The van der Waals surface area contributed by atoms with E-state index in [-0.39, 0.29) is 43.0 Å². The van der Waals surface area contributed by atoms with Gasteiger partial charge in [-0.05, 0) is 59.1 Å². The standard InChI is InChI=1S/C21H32N6O2.3ClH/c1-25-7-4-8-27(12-11-25)21-23-17-14-18(28)19(29-3)13-16(17)20(24-21)22-15-5-9-26(2)10-6-15;;;/h13-15,28H,4-12H2,1-3H3,(H,22,23,24);3*1H. The first-order valence-corrected chi connectivity index (χ1v) is 10.5. The Kier molecular flexibility index (Phi) is 11.3. The fourth-order valence-electron chi connectivity index (χ4n) is 4.14. The summed E-state index contributed by atoms with van der Waals surface area (Å²) in [5.74, 6) is 2.10. The van der Waals surface area contributed by atoms with Crippen molar-refractivity contribution < 1.29 is 9.84 Å². The zero-order chi connectivity index (χ0) is 20.4. The second kappa shape index (κ2) is 12.7. The Balaban J connectivity index is 0.00000171. The molecule has 0 saturated carbocycles. The number of nitrogens with one attached hydrogen (secondary N) is 1. The molecule has 0 spiro atoms. The van der Waals surface area contributed by atoms with Crippen molar-refractivity contribution in [2.24, 2.45) is 0 Å². The van der Waals surface area contributed by atoms with Crippen LogP contribution in [0.1, 0.15) is 19.3 Å². The van der Waals surface area contributed by atoms with Gasteiger partial charge in [-0.25, -0.2) is 4.98 Å². The number of rotatable bonds is 4. The topological polar surface area (TPSA) is 77.0 Å². The Hall–Kier alpha value is -1.45. The van der Waals surface area contributed by atoms with Gasteiger partial charge < -0.3 is 29.9 Å². The predicted molar refractivity (Wildman–Crippen MR) is 138 cm³/mol. The van der Waals surface area contributed by atoms with Gasteiger partial charge in [-0.15, -0.1) is 37.2 Å². The number of benzene rings is 1. The van der Waals surface area contributed by atoms with Crippen LogP contribution in [0.2, 0.25) is 0 Å². The van der Waals surface area contributed by atoms with Gasteiger partial charge in [0.2, 0.25) is 5.95 Å². The first-order valence-electron chi connectivity index (χ1n) is 10.5. The molecule has 2 N–H and O–H groups in total. The Morgan fingerprint density at radius 2 is 1.62 bits per heavy atom. The second-order valence-corrected chi connectivity index (χ2v) is 8.28. The van der Waals surface area contributed by atoms with Gasteiger partial charge in [-0.3, -0.25) is 0 Å². The van der Waals surface area contributed by atoms with Gasteiger partial charge in [0.05, 0.1) is 12.6 Å². The molecule has 0 radical (unpaired) electrons. The lowest BCUT2D eigenvalue weighted by Gasteiger charge is -2.30. The number of phenols is 1. The van der Waals surface area contributed by atoms with E-state index in [9.17, 15) is 5.11 Å². The number of piperidine rings is 1. The molecule has 1 aromatic carbocycles. The molecule has 2 aromatic rings. The molecule has 3 heterocycles. The van der Waals surface area contributed by atoms with E-state index in [1.165, 1.54) is 0 Å². The van der Waals surface area contributed by atoms with E-state index >= 15 is 0 Å². The van der Waals surface area contributed by atoms with Crippen LogP contribution in [0.4, 0.5) is 11.8 Å². The number of ether oxygens (including phenoxy) is 1. The third-order valence-corrected chi connectivity index (χ3v) is 6.05. The Labute approximate surface area is 208 Å². The average Bonchev–Trinajstić information content (AvgIpc) is 2.93. The van der Waals surface area contributed by atoms with E-state index in [2.05, 4.69) is 34.1 Å². The van der Waals surface area contributed by atoms with Crippen LogP contribution in [0.25, 0.3) is 10.9 Å². The van der Waals surface area contributed by atoms with Crippen LogP contribution < -0.4 is 15.0 Å². The highest BCUT2D eigenvalue weighted by molar-refractivity contribution is 5.92. The maximum atomic E-state index is 10.3. The van der Waals surface area contributed by atoms with Crippen LogP contribution in [-0.2, 0) is 0 Å². The molecule has 0 amide bonds. The summed E-state index contributed by atoms with van der Waals surface area (Å²) in [4.78, 5) is 16.7. The molecule has 0 atom stereocenters. The minimum absolute atomic E-state index is 0. The summed E-state index contributed by atoms with van der Waals surface area (Å²) >= 11 is 0. The minimum Gasteiger partial charge on any atom is -0.504 e. The summed E-state index contributed by atoms with van der Waals surface area (Å²) in [7, 11) is 5.88. The Morgan fingerprint density at radius 1 is 0.938 bits per heavy atom. The molecule has 0 aliphatic carbocycles. The summed E-state index contributed by atoms with van der Waals surface area (Å²) in [6, 6.07) is 3.90. The van der Waals surface area contributed by atoms with E-state index in [0.29, 0.717) is 11.8 Å². The number of halogens is 3. The number of methoxy groups -OCH3 is 1. The van der Waals surface area contributed by atoms with Gasteiger partial charge in [0.25, 0.3) is 0 Å². The number of anilines is 2. The van der Waals surface area contributed by atoms with Crippen LogP contribution in [0.15, 0.2) is 12.1 Å². The van der Waals surface area contributed by atoms with Gasteiger partial charge >= 0.3 is 0 Å². The molecule has 2 aliphatic rings. The molecule has 8 nitrogen and oxygen atoms in total. The van der Waals surface area contributed by atoms with Crippen molar-refractivity contribution in [1.82, 2.24) is 19.8 Å². The van der Waals surface area contributed by atoms with Crippen molar-refractivity contribution >= 4 is 59.9 Å². The number of aromatic nitrogens is 2. The van der Waals surface area contributed by atoms with E-state index in [1.807, 2.05) is 6.07 Å². The molecular formula is C21H35Cl3N6O2. The van der Waals surface area contributed by atoms with Gasteiger partial charge in [-0.2, -0.15) is 4.98 Å². The van der Waals surface area contributed by atoms with Crippen molar-refractivity contribution in [3.05, 3.63) is 12.1 Å². The summed E-state index contributed by atoms with van der Waals surface area (Å²) in [5, 5.41) is 14.8. The number of fused-ring (bicyclic) bond motifs is 1. The second-order valence-electron chi connectivity index (χ2n) is 8.28. The fraction of sp³-hybridized carbons (Fsp3) is 0.619. The number of hydrogen-bond acceptors (Lipinski definition) is 8. The lowest BCUT2D eigenvalue weighted by atomic mass is 10.1. The quantitative estimate of drug-likeness (QED) is 0.650. The van der Waals surface area contributed by atoms with Crippen molar-refractivity contribution in [3.63, 3.8) is 0 Å². The molecule has 1 aromatic heterocycles. The van der Waals surface area contributed by atoms with Gasteiger partial charge in [0.1, 0.15) is 5.82 Å². The lowest BCUT2D eigenvalue weighted by molar-refractivity contribution is 0.264. The Bertz CT molecular complexity index is 867. The summed E-state index contributed by atoms with van der Waals surface area (Å²) in [6.07, 6.45) is 3.26. The number of likely N-dealkylation sites (N-methyl/N-ethyl adjacent to an activating group) is 1. The largest absolute Gasteiger partial charge is 0.504 e. The summed E-state index contributed by atoms with van der Waals surface area (Å²) < 4.78 is 5.33. The molecule has 32 heavy (non-hydrogen) atoms. The molecule has 2 fully saturated rings. The molecular weight excluding hydrogens is 475 g/mol. The fourth-order valence-corrected chi connectivity index (χ4v) is 4.14. The zero-order valence-corrected chi connectivity index (χ0v) is 21.4. The first kappa shape index (κ1) is 28.6. The highest BCUT2D eigenvalue weighted by atomic mass is 35.5. The van der Waals surface area contributed by atoms with E-state index in [4.69, 9.17) is 14.7 Å². The van der Waals surface area contributed by atoms with E-state index < -0.39 is 0 Å². The predicted octanol–water partition coefficient (Wildman–Crippen LogP) is 3.26. The van der Waals surface area contributed by atoms with Crippen LogP contribution >= 0.6 is 37.2 Å². The van der Waals surface area contributed by atoms with E-state index in [0.717, 1.165) is 81.2 Å². The summed E-state index contributed by atoms with van der Waals surface area (Å²) in [5.41, 5.74) is 0.737. The maximum Gasteiger partial charge on any atom is 0.227 e. The van der Waals surface area contributed by atoms with Crippen LogP contribution in [0.3, 0.4) is 0 Å². The van der Waals surface area contributed by atoms with Crippen LogP contribution in [-0.4, -0.2) is 91.4 Å². The lowest BCUT2D eigenvalue weighted by Crippen LogP contribution is -2.37. The normalized spacial score (nSPS) is 18.2. The smallest absolute Gasteiger partial charge is 0.227 e. The van der Waals surface area contributed by atoms with Crippen molar-refractivity contribution in [3.8, 4) is 11.5 Å². The Morgan fingerprint density at radius 3 is 2.31 bits per heavy atom. The molecule has 11 heteroatoms. The van der Waals surface area contributed by atoms with Gasteiger partial charge in [0, 0.05) is 37.1 Å². The average molecular weight is 510 g/mol. The van der Waals surface area contributed by atoms with Crippen molar-refractivity contribution in [1.29, 1.82) is 0 Å².